The molecule has 0 aromatic rings. The van der Waals surface area contributed by atoms with Crippen LogP contribution in [0.3, 0.4) is 0 Å². The summed E-state index contributed by atoms with van der Waals surface area (Å²) in [5, 5.41) is 10.9. The monoisotopic (exact) mass is 130 g/mol. The molecule has 51 valence electrons. The van der Waals surface area contributed by atoms with Crippen LogP contribution in [0, 0.1) is 0 Å². The Morgan fingerprint density at radius 2 is 2.44 bits per heavy atom. The van der Waals surface area contributed by atoms with Crippen LogP contribution >= 0.6 is 0 Å². The Morgan fingerprint density at radius 1 is 1.89 bits per heavy atom. The minimum Gasteiger partial charge on any atom is -0.468 e. The highest BCUT2D eigenvalue weighted by Crippen LogP contribution is 1.80. The Labute approximate surface area is 54.5 Å². The summed E-state index contributed by atoms with van der Waals surface area (Å²) >= 11 is 0. The molecule has 0 aliphatic heterocycles. The van der Waals surface area contributed by atoms with Crippen molar-refractivity contribution >= 4 is 13.5 Å². The molecule has 0 saturated carbocycles. The lowest BCUT2D eigenvalue weighted by Gasteiger charge is -2.07. The molecule has 1 atom stereocenters. The van der Waals surface area contributed by atoms with Crippen LogP contribution in [0.4, 0.5) is 0 Å². The molecule has 0 aromatic carbocycles. The van der Waals surface area contributed by atoms with Gasteiger partial charge in [-0.15, -0.1) is 0 Å². The molecular formula is C4H9BNO3. The van der Waals surface area contributed by atoms with Gasteiger partial charge >= 0.3 is 13.5 Å². The summed E-state index contributed by atoms with van der Waals surface area (Å²) in [5.74, 6) is -1.21. The van der Waals surface area contributed by atoms with Crippen molar-refractivity contribution in [2.75, 3.05) is 14.2 Å². The average molecular weight is 130 g/mol. The van der Waals surface area contributed by atoms with Gasteiger partial charge in [0, 0.05) is 0 Å². The molecule has 0 aliphatic carbocycles. The van der Waals surface area contributed by atoms with Crippen molar-refractivity contribution in [3.05, 3.63) is 0 Å². The van der Waals surface area contributed by atoms with Crippen LogP contribution in [-0.4, -0.2) is 38.6 Å². The Bertz CT molecular complexity index is 93.8. The molecule has 4 nitrogen and oxygen atoms in total. The molecule has 0 rings (SSSR count). The maximum atomic E-state index is 10.5. The predicted molar refractivity (Wildman–Crippen MR) is 32.8 cm³/mol. The molecule has 0 spiro atoms. The van der Waals surface area contributed by atoms with E-state index in [9.17, 15) is 4.79 Å². The summed E-state index contributed by atoms with van der Waals surface area (Å²) in [6, 6.07) is 0. The maximum absolute atomic E-state index is 10.5. The van der Waals surface area contributed by atoms with Gasteiger partial charge in [-0.3, -0.25) is 4.79 Å². The lowest BCUT2D eigenvalue weighted by atomic mass is 9.89. The van der Waals surface area contributed by atoms with E-state index in [1.54, 1.807) is 7.05 Å². The number of rotatable bonds is 3. The number of methoxy groups -OCH3 is 1. The van der Waals surface area contributed by atoms with Crippen molar-refractivity contribution < 1.29 is 14.6 Å². The number of carbonyl (C=O) groups is 1. The first-order chi connectivity index (χ1) is 4.26. The smallest absolute Gasteiger partial charge is 0.318 e. The Balaban J connectivity index is 3.64. The van der Waals surface area contributed by atoms with Crippen LogP contribution in [-0.2, 0) is 9.53 Å². The quantitative estimate of drug-likeness (QED) is 0.353. The first-order valence-corrected chi connectivity index (χ1v) is 2.49. The molecule has 5 heteroatoms. The summed E-state index contributed by atoms with van der Waals surface area (Å²) in [6.07, 6.45) is 0. The van der Waals surface area contributed by atoms with Crippen molar-refractivity contribution in [3.8, 4) is 0 Å². The molecule has 1 radical (unpaired) electrons. The lowest BCUT2D eigenvalue weighted by Crippen LogP contribution is -2.40. The Hall–Kier alpha value is -0.545. The number of hydrogen-bond donors (Lipinski definition) is 2. The van der Waals surface area contributed by atoms with Gasteiger partial charge in [0.25, 0.3) is 0 Å². The van der Waals surface area contributed by atoms with Gasteiger partial charge in [-0.05, 0) is 7.05 Å². The third kappa shape index (κ3) is 2.48. The van der Waals surface area contributed by atoms with Crippen LogP contribution in [0.25, 0.3) is 0 Å². The topological polar surface area (TPSA) is 58.6 Å². The van der Waals surface area contributed by atoms with E-state index in [2.05, 4.69) is 10.1 Å². The largest absolute Gasteiger partial charge is 0.468 e. The van der Waals surface area contributed by atoms with Crippen LogP contribution in [0.2, 0.25) is 0 Å². The number of ether oxygens (including phenoxy) is 1. The molecule has 0 aromatic heterocycles. The number of nitrogens with one attached hydrogen (secondary N) is 1. The van der Waals surface area contributed by atoms with Gasteiger partial charge in [0.05, 0.1) is 7.11 Å². The van der Waals surface area contributed by atoms with Crippen LogP contribution in [0.5, 0.6) is 0 Å². The summed E-state index contributed by atoms with van der Waals surface area (Å²) in [7, 11) is 3.55. The van der Waals surface area contributed by atoms with E-state index in [-0.39, 0.29) is 0 Å². The lowest BCUT2D eigenvalue weighted by molar-refractivity contribution is -0.140. The zero-order chi connectivity index (χ0) is 7.28. The molecule has 0 saturated heterocycles. The van der Waals surface area contributed by atoms with Gasteiger partial charge in [-0.25, -0.2) is 0 Å². The van der Waals surface area contributed by atoms with Crippen molar-refractivity contribution in [1.82, 2.24) is 5.32 Å². The van der Waals surface area contributed by atoms with Gasteiger partial charge in [0.1, 0.15) is 5.94 Å². The van der Waals surface area contributed by atoms with E-state index in [4.69, 9.17) is 5.02 Å². The Kier molecular flexibility index (Phi) is 4.08. The van der Waals surface area contributed by atoms with Crippen molar-refractivity contribution in [1.29, 1.82) is 0 Å². The highest BCUT2D eigenvalue weighted by Gasteiger charge is 2.16. The van der Waals surface area contributed by atoms with E-state index in [1.807, 2.05) is 0 Å². The molecule has 9 heavy (non-hydrogen) atoms. The summed E-state index contributed by atoms with van der Waals surface area (Å²) < 4.78 is 4.30. The molecule has 0 heterocycles. The highest BCUT2D eigenvalue weighted by molar-refractivity contribution is 6.35. The van der Waals surface area contributed by atoms with Gasteiger partial charge in [-0.1, -0.05) is 0 Å². The van der Waals surface area contributed by atoms with Crippen molar-refractivity contribution in [3.63, 3.8) is 0 Å². The molecule has 0 aliphatic rings. The molecule has 2 N–H and O–H groups in total. The van der Waals surface area contributed by atoms with Gasteiger partial charge in [0.2, 0.25) is 0 Å². The zero-order valence-electron chi connectivity index (χ0n) is 5.42. The van der Waals surface area contributed by atoms with E-state index in [1.165, 1.54) is 7.11 Å². The third-order valence-corrected chi connectivity index (χ3v) is 0.915. The van der Waals surface area contributed by atoms with E-state index in [0.717, 1.165) is 7.48 Å². The van der Waals surface area contributed by atoms with Gasteiger partial charge in [-0.2, -0.15) is 0 Å². The minimum atomic E-state index is -0.713. The Morgan fingerprint density at radius 3 is 2.56 bits per heavy atom. The number of likely N-dealkylation sites (N-methyl/N-ethyl adjacent to an activating group) is 1. The van der Waals surface area contributed by atoms with E-state index < -0.39 is 11.9 Å². The van der Waals surface area contributed by atoms with Crippen LogP contribution in [0.15, 0.2) is 0 Å². The molecule has 0 amide bonds. The van der Waals surface area contributed by atoms with E-state index >= 15 is 0 Å². The van der Waals surface area contributed by atoms with E-state index in [0.29, 0.717) is 0 Å². The molecule has 1 unspecified atom stereocenters. The molecular weight excluding hydrogens is 121 g/mol. The highest BCUT2D eigenvalue weighted by atomic mass is 16.5. The average Bonchev–Trinajstić information content (AvgIpc) is 1.90. The number of esters is 1. The minimum absolute atomic E-state index is 0.500. The fourth-order valence-corrected chi connectivity index (χ4v) is 0.380. The predicted octanol–water partition coefficient (Wildman–Crippen LogP) is -1.68. The second-order valence-corrected chi connectivity index (χ2v) is 1.44. The first-order valence-electron chi connectivity index (χ1n) is 2.49. The first kappa shape index (κ1) is 8.45. The summed E-state index contributed by atoms with van der Waals surface area (Å²) in [5.41, 5.74) is 0. The van der Waals surface area contributed by atoms with Crippen LogP contribution < -0.4 is 5.32 Å². The summed E-state index contributed by atoms with van der Waals surface area (Å²) in [6.45, 7) is 0. The number of hydrogen-bond acceptors (Lipinski definition) is 4. The third-order valence-electron chi connectivity index (χ3n) is 0.915. The standard InChI is InChI=1S/C4H9BNO3/c1-6-3(5-8)4(7)9-2/h3,6,8H,1-2H3. The normalized spacial score (nSPS) is 12.3. The van der Waals surface area contributed by atoms with Gasteiger partial charge in [0.15, 0.2) is 0 Å². The zero-order valence-corrected chi connectivity index (χ0v) is 5.42. The van der Waals surface area contributed by atoms with Crippen molar-refractivity contribution in [2.24, 2.45) is 0 Å². The summed E-state index contributed by atoms with van der Waals surface area (Å²) in [4.78, 5) is 10.5. The maximum Gasteiger partial charge on any atom is 0.318 e. The number of carbonyl (C=O) groups excluding carboxylic acids is 1. The fourth-order valence-electron chi connectivity index (χ4n) is 0.380. The molecule has 0 fully saturated rings. The molecule has 0 bridgehead atoms. The van der Waals surface area contributed by atoms with Gasteiger partial charge < -0.3 is 15.1 Å². The van der Waals surface area contributed by atoms with Crippen LogP contribution in [0.1, 0.15) is 0 Å². The second-order valence-electron chi connectivity index (χ2n) is 1.44. The van der Waals surface area contributed by atoms with Crippen molar-refractivity contribution in [2.45, 2.75) is 5.94 Å². The fraction of sp³-hybridized carbons (Fsp3) is 0.750. The SMILES string of the molecule is CNC([B]O)C(=O)OC. The second kappa shape index (κ2) is 4.35.